The lowest BCUT2D eigenvalue weighted by molar-refractivity contribution is 0.0955. The maximum absolute atomic E-state index is 12.1. The van der Waals surface area contributed by atoms with Crippen LogP contribution in [-0.2, 0) is 0 Å². The molecule has 26 heavy (non-hydrogen) atoms. The molecule has 7 heteroatoms. The van der Waals surface area contributed by atoms with Crippen LogP contribution in [0.5, 0.6) is 0 Å². The van der Waals surface area contributed by atoms with Crippen molar-refractivity contribution in [2.24, 2.45) is 0 Å². The summed E-state index contributed by atoms with van der Waals surface area (Å²) in [5.74, 6) is 1.33. The van der Waals surface area contributed by atoms with Gasteiger partial charge in [-0.25, -0.2) is 4.98 Å². The van der Waals surface area contributed by atoms with E-state index in [2.05, 4.69) is 25.5 Å². The van der Waals surface area contributed by atoms with Gasteiger partial charge in [-0.2, -0.15) is 10.2 Å². The molecule has 2 N–H and O–H groups in total. The van der Waals surface area contributed by atoms with E-state index in [-0.39, 0.29) is 5.91 Å². The number of amides is 1. The monoisotopic (exact) mass is 350 g/mol. The highest BCUT2D eigenvalue weighted by atomic mass is 16.1. The van der Waals surface area contributed by atoms with Crippen molar-refractivity contribution in [1.82, 2.24) is 15.3 Å². The molecule has 1 aromatic carbocycles. The molecule has 0 atom stereocenters. The Kier molecular flexibility index (Phi) is 5.64. The van der Waals surface area contributed by atoms with Gasteiger partial charge in [0.2, 0.25) is 5.95 Å². The molecule has 0 saturated carbocycles. The van der Waals surface area contributed by atoms with Gasteiger partial charge in [0.1, 0.15) is 5.82 Å². The zero-order valence-electron chi connectivity index (χ0n) is 14.8. The third-order valence-corrected chi connectivity index (χ3v) is 4.22. The first kappa shape index (κ1) is 17.7. The maximum Gasteiger partial charge on any atom is 0.251 e. The molecule has 1 amide bonds. The molecule has 1 aromatic heterocycles. The van der Waals surface area contributed by atoms with Crippen molar-refractivity contribution in [2.45, 2.75) is 19.8 Å². The number of aryl methyl sites for hydroxylation is 1. The Bertz CT molecular complexity index is 823. The second-order valence-corrected chi connectivity index (χ2v) is 6.26. The highest BCUT2D eigenvalue weighted by Crippen LogP contribution is 2.19. The Balaban J connectivity index is 1.51. The Morgan fingerprint density at radius 3 is 2.81 bits per heavy atom. The van der Waals surface area contributed by atoms with Crippen LogP contribution in [0.2, 0.25) is 0 Å². The van der Waals surface area contributed by atoms with Crippen molar-refractivity contribution in [3.63, 3.8) is 0 Å². The lowest BCUT2D eigenvalue weighted by Gasteiger charge is -2.17. The molecule has 1 aliphatic rings. The number of hydrogen-bond donors (Lipinski definition) is 2. The van der Waals surface area contributed by atoms with Crippen molar-refractivity contribution in [3.05, 3.63) is 47.2 Å². The summed E-state index contributed by atoms with van der Waals surface area (Å²) in [6, 6.07) is 10.7. The molecule has 3 rings (SSSR count). The SMILES string of the molecule is Cc1cc(N2CCCC2)nc(NCCNC(=O)c2cccc(C#N)c2)n1. The number of carbonyl (C=O) groups excluding carboxylic acids is 1. The second-order valence-electron chi connectivity index (χ2n) is 6.26. The van der Waals surface area contributed by atoms with Gasteiger partial charge in [-0.05, 0) is 38.0 Å². The van der Waals surface area contributed by atoms with Crippen LogP contribution in [0, 0.1) is 18.3 Å². The average Bonchev–Trinajstić information content (AvgIpc) is 3.19. The number of anilines is 2. The summed E-state index contributed by atoms with van der Waals surface area (Å²) in [6.07, 6.45) is 2.40. The zero-order valence-corrected chi connectivity index (χ0v) is 14.8. The fraction of sp³-hybridized carbons (Fsp3) is 0.368. The summed E-state index contributed by atoms with van der Waals surface area (Å²) in [5.41, 5.74) is 1.87. The van der Waals surface area contributed by atoms with E-state index in [1.54, 1.807) is 24.3 Å². The van der Waals surface area contributed by atoms with E-state index >= 15 is 0 Å². The third-order valence-electron chi connectivity index (χ3n) is 4.22. The summed E-state index contributed by atoms with van der Waals surface area (Å²) in [5, 5.41) is 14.9. The predicted molar refractivity (Wildman–Crippen MR) is 100 cm³/mol. The van der Waals surface area contributed by atoms with Gasteiger partial charge in [-0.3, -0.25) is 4.79 Å². The van der Waals surface area contributed by atoms with Gasteiger partial charge >= 0.3 is 0 Å². The molecule has 0 radical (unpaired) electrons. The molecule has 0 bridgehead atoms. The van der Waals surface area contributed by atoms with Crippen LogP contribution >= 0.6 is 0 Å². The quantitative estimate of drug-likeness (QED) is 0.775. The summed E-state index contributed by atoms with van der Waals surface area (Å²) in [7, 11) is 0. The number of nitrogens with one attached hydrogen (secondary N) is 2. The smallest absolute Gasteiger partial charge is 0.251 e. The molecule has 7 nitrogen and oxygen atoms in total. The lowest BCUT2D eigenvalue weighted by Crippen LogP contribution is -2.29. The van der Waals surface area contributed by atoms with Crippen LogP contribution < -0.4 is 15.5 Å². The predicted octanol–water partition coefficient (Wildman–Crippen LogP) is 2.10. The van der Waals surface area contributed by atoms with Gasteiger partial charge in [0, 0.05) is 43.5 Å². The molecule has 0 unspecified atom stereocenters. The van der Waals surface area contributed by atoms with Crippen molar-refractivity contribution in [3.8, 4) is 6.07 Å². The summed E-state index contributed by atoms with van der Waals surface area (Å²) >= 11 is 0. The van der Waals surface area contributed by atoms with E-state index in [0.29, 0.717) is 30.2 Å². The number of aromatic nitrogens is 2. The number of rotatable bonds is 6. The fourth-order valence-corrected chi connectivity index (χ4v) is 2.92. The summed E-state index contributed by atoms with van der Waals surface area (Å²) < 4.78 is 0. The van der Waals surface area contributed by atoms with Crippen molar-refractivity contribution in [1.29, 1.82) is 5.26 Å². The first-order valence-corrected chi connectivity index (χ1v) is 8.78. The van der Waals surface area contributed by atoms with E-state index in [1.165, 1.54) is 12.8 Å². The Morgan fingerprint density at radius 1 is 1.23 bits per heavy atom. The van der Waals surface area contributed by atoms with Crippen molar-refractivity contribution >= 4 is 17.7 Å². The van der Waals surface area contributed by atoms with Gasteiger partial charge < -0.3 is 15.5 Å². The molecule has 1 fully saturated rings. The Labute approximate surface area is 153 Å². The summed E-state index contributed by atoms with van der Waals surface area (Å²) in [6.45, 7) is 4.98. The van der Waals surface area contributed by atoms with E-state index < -0.39 is 0 Å². The van der Waals surface area contributed by atoms with E-state index in [1.807, 2.05) is 19.1 Å². The molecule has 134 valence electrons. The molecule has 2 heterocycles. The van der Waals surface area contributed by atoms with E-state index in [0.717, 1.165) is 24.6 Å². The van der Waals surface area contributed by atoms with Crippen LogP contribution in [0.15, 0.2) is 30.3 Å². The molecule has 1 saturated heterocycles. The van der Waals surface area contributed by atoms with Crippen molar-refractivity contribution < 1.29 is 4.79 Å². The number of nitriles is 1. The van der Waals surface area contributed by atoms with Gasteiger partial charge in [-0.15, -0.1) is 0 Å². The second kappa shape index (κ2) is 8.30. The van der Waals surface area contributed by atoms with Gasteiger partial charge in [0.25, 0.3) is 5.91 Å². The standard InChI is InChI=1S/C19H22N6O/c1-14-11-17(25-9-2-3-10-25)24-19(23-14)22-8-7-21-18(26)16-6-4-5-15(12-16)13-20/h4-6,11-12H,2-3,7-10H2,1H3,(H,21,26)(H,22,23,24). The highest BCUT2D eigenvalue weighted by Gasteiger charge is 2.15. The molecular formula is C19H22N6O. The third kappa shape index (κ3) is 4.48. The Hall–Kier alpha value is -3.14. The van der Waals surface area contributed by atoms with E-state index in [9.17, 15) is 4.79 Å². The minimum absolute atomic E-state index is 0.202. The van der Waals surface area contributed by atoms with E-state index in [4.69, 9.17) is 5.26 Å². The van der Waals surface area contributed by atoms with Crippen LogP contribution in [0.4, 0.5) is 11.8 Å². The first-order valence-electron chi connectivity index (χ1n) is 8.78. The number of benzene rings is 1. The Morgan fingerprint density at radius 2 is 2.04 bits per heavy atom. The molecule has 0 spiro atoms. The zero-order chi connectivity index (χ0) is 18.4. The first-order chi connectivity index (χ1) is 12.7. The molecule has 2 aromatic rings. The molecule has 0 aliphatic carbocycles. The molecular weight excluding hydrogens is 328 g/mol. The largest absolute Gasteiger partial charge is 0.356 e. The van der Waals surface area contributed by atoms with Gasteiger partial charge in [0.05, 0.1) is 11.6 Å². The topological polar surface area (TPSA) is 93.9 Å². The van der Waals surface area contributed by atoms with Crippen LogP contribution in [0.25, 0.3) is 0 Å². The number of carbonyl (C=O) groups is 1. The number of nitrogens with zero attached hydrogens (tertiary/aromatic N) is 4. The van der Waals surface area contributed by atoms with Crippen LogP contribution in [0.3, 0.4) is 0 Å². The van der Waals surface area contributed by atoms with Crippen molar-refractivity contribution in [2.75, 3.05) is 36.4 Å². The average molecular weight is 350 g/mol. The lowest BCUT2D eigenvalue weighted by atomic mass is 10.1. The van der Waals surface area contributed by atoms with Gasteiger partial charge in [-0.1, -0.05) is 6.07 Å². The van der Waals surface area contributed by atoms with Crippen LogP contribution in [-0.4, -0.2) is 42.1 Å². The molecule has 1 aliphatic heterocycles. The minimum Gasteiger partial charge on any atom is -0.356 e. The van der Waals surface area contributed by atoms with Gasteiger partial charge in [0.15, 0.2) is 0 Å². The highest BCUT2D eigenvalue weighted by molar-refractivity contribution is 5.94. The number of hydrogen-bond acceptors (Lipinski definition) is 6. The van der Waals surface area contributed by atoms with Crippen LogP contribution in [0.1, 0.15) is 34.5 Å². The maximum atomic E-state index is 12.1. The minimum atomic E-state index is -0.202. The normalized spacial score (nSPS) is 13.3. The fourth-order valence-electron chi connectivity index (χ4n) is 2.92. The summed E-state index contributed by atoms with van der Waals surface area (Å²) in [4.78, 5) is 23.4.